The van der Waals surface area contributed by atoms with Crippen LogP contribution in [0.15, 0.2) is 24.3 Å². The summed E-state index contributed by atoms with van der Waals surface area (Å²) in [6, 6.07) is 5.90. The number of amides is 1. The Hall–Kier alpha value is -1.72. The van der Waals surface area contributed by atoms with Gasteiger partial charge in [-0.05, 0) is 32.0 Å². The monoisotopic (exact) mass is 322 g/mol. The van der Waals surface area contributed by atoms with E-state index in [-0.39, 0.29) is 16.9 Å². The van der Waals surface area contributed by atoms with Gasteiger partial charge >= 0.3 is 0 Å². The number of carbonyl (C=O) groups excluding carboxylic acids is 1. The summed E-state index contributed by atoms with van der Waals surface area (Å²) >= 11 is 6.15. The smallest absolute Gasteiger partial charge is 0.257 e. The predicted molar refractivity (Wildman–Crippen MR) is 82.6 cm³/mol. The number of hydrogen-bond acceptors (Lipinski definition) is 3. The molecule has 1 aromatic heterocycles. The molecule has 0 radical (unpaired) electrons. The number of fused-ring (bicyclic) bond motifs is 1. The molecule has 22 heavy (non-hydrogen) atoms. The van der Waals surface area contributed by atoms with Crippen LogP contribution >= 0.6 is 11.6 Å². The first-order valence-electron chi connectivity index (χ1n) is 7.04. The standard InChI is InChI=1S/C16H16ClFN2O2/c1-16(2)9-22-6-5-20(16)15(21)12-7-10-3-4-11(18)8-13(10)19-14(12)17/h3-4,7-8H,5-6,9H2,1-2H3. The lowest BCUT2D eigenvalue weighted by Gasteiger charge is -2.42. The molecule has 1 aliphatic rings. The summed E-state index contributed by atoms with van der Waals surface area (Å²) in [4.78, 5) is 18.7. The molecule has 0 bridgehead atoms. The van der Waals surface area contributed by atoms with E-state index in [1.807, 2.05) is 13.8 Å². The highest BCUT2D eigenvalue weighted by atomic mass is 35.5. The minimum atomic E-state index is -0.406. The number of ether oxygens (including phenoxy) is 1. The highest BCUT2D eigenvalue weighted by molar-refractivity contribution is 6.33. The highest BCUT2D eigenvalue weighted by Crippen LogP contribution is 2.27. The molecule has 0 spiro atoms. The normalized spacial score (nSPS) is 17.7. The molecule has 2 aromatic rings. The molecule has 6 heteroatoms. The third-order valence-corrected chi connectivity index (χ3v) is 4.14. The van der Waals surface area contributed by atoms with E-state index in [0.717, 1.165) is 0 Å². The van der Waals surface area contributed by atoms with Crippen molar-refractivity contribution >= 4 is 28.4 Å². The summed E-state index contributed by atoms with van der Waals surface area (Å²) in [5.74, 6) is -0.568. The number of rotatable bonds is 1. The Kier molecular flexibility index (Phi) is 3.78. The van der Waals surface area contributed by atoms with E-state index in [1.54, 1.807) is 17.0 Å². The van der Waals surface area contributed by atoms with Crippen LogP contribution in [0.25, 0.3) is 10.9 Å². The molecule has 1 saturated heterocycles. The molecule has 2 heterocycles. The van der Waals surface area contributed by atoms with E-state index >= 15 is 0 Å². The van der Waals surface area contributed by atoms with Crippen LogP contribution in [-0.2, 0) is 4.74 Å². The van der Waals surface area contributed by atoms with Crippen molar-refractivity contribution in [3.05, 3.63) is 40.8 Å². The number of pyridine rings is 1. The molecule has 0 atom stereocenters. The topological polar surface area (TPSA) is 42.4 Å². The average molecular weight is 323 g/mol. The second kappa shape index (κ2) is 5.48. The fourth-order valence-electron chi connectivity index (χ4n) is 2.65. The molecule has 0 aliphatic carbocycles. The molecule has 0 N–H and O–H groups in total. The summed E-state index contributed by atoms with van der Waals surface area (Å²) in [6.45, 7) is 5.37. The molecule has 1 aromatic carbocycles. The predicted octanol–water partition coefficient (Wildman–Crippen LogP) is 3.28. The van der Waals surface area contributed by atoms with Gasteiger partial charge in [0.15, 0.2) is 0 Å². The summed E-state index contributed by atoms with van der Waals surface area (Å²) in [7, 11) is 0. The lowest BCUT2D eigenvalue weighted by molar-refractivity contribution is -0.0370. The molecule has 116 valence electrons. The molecule has 1 amide bonds. The fraction of sp³-hybridized carbons (Fsp3) is 0.375. The van der Waals surface area contributed by atoms with Crippen LogP contribution in [0.5, 0.6) is 0 Å². The summed E-state index contributed by atoms with van der Waals surface area (Å²) in [6.07, 6.45) is 0. The van der Waals surface area contributed by atoms with Gasteiger partial charge in [-0.2, -0.15) is 0 Å². The van der Waals surface area contributed by atoms with E-state index < -0.39 is 5.54 Å². The van der Waals surface area contributed by atoms with Crippen LogP contribution in [0.3, 0.4) is 0 Å². The van der Waals surface area contributed by atoms with Crippen molar-refractivity contribution in [2.75, 3.05) is 19.8 Å². The van der Waals surface area contributed by atoms with Gasteiger partial charge in [-0.1, -0.05) is 11.6 Å². The van der Waals surface area contributed by atoms with E-state index in [2.05, 4.69) is 4.98 Å². The van der Waals surface area contributed by atoms with Gasteiger partial charge in [0.2, 0.25) is 0 Å². The van der Waals surface area contributed by atoms with Crippen LogP contribution in [0, 0.1) is 5.82 Å². The zero-order valence-electron chi connectivity index (χ0n) is 12.4. The molecule has 1 aliphatic heterocycles. The quantitative estimate of drug-likeness (QED) is 0.757. The Morgan fingerprint density at radius 2 is 2.18 bits per heavy atom. The van der Waals surface area contributed by atoms with Crippen molar-refractivity contribution in [2.45, 2.75) is 19.4 Å². The molecular weight excluding hydrogens is 307 g/mol. The van der Waals surface area contributed by atoms with E-state index in [9.17, 15) is 9.18 Å². The minimum Gasteiger partial charge on any atom is -0.377 e. The van der Waals surface area contributed by atoms with Gasteiger partial charge in [-0.25, -0.2) is 9.37 Å². The van der Waals surface area contributed by atoms with Crippen molar-refractivity contribution in [2.24, 2.45) is 0 Å². The number of halogens is 2. The maximum absolute atomic E-state index is 13.2. The van der Waals surface area contributed by atoms with E-state index in [0.29, 0.717) is 36.2 Å². The van der Waals surface area contributed by atoms with Crippen LogP contribution in [0.1, 0.15) is 24.2 Å². The van der Waals surface area contributed by atoms with Crippen molar-refractivity contribution in [1.29, 1.82) is 0 Å². The summed E-state index contributed by atoms with van der Waals surface area (Å²) < 4.78 is 18.7. The first-order chi connectivity index (χ1) is 10.4. The third kappa shape index (κ3) is 2.66. The number of hydrogen-bond donors (Lipinski definition) is 0. The van der Waals surface area contributed by atoms with Gasteiger partial charge in [-0.15, -0.1) is 0 Å². The van der Waals surface area contributed by atoms with Crippen molar-refractivity contribution in [3.63, 3.8) is 0 Å². The maximum atomic E-state index is 13.2. The Balaban J connectivity index is 2.03. The lowest BCUT2D eigenvalue weighted by Crippen LogP contribution is -2.55. The second-order valence-electron chi connectivity index (χ2n) is 5.99. The van der Waals surface area contributed by atoms with Gasteiger partial charge in [0.1, 0.15) is 11.0 Å². The van der Waals surface area contributed by atoms with Crippen LogP contribution in [0.2, 0.25) is 5.15 Å². The third-order valence-electron chi connectivity index (χ3n) is 3.85. The number of aromatic nitrogens is 1. The van der Waals surface area contributed by atoms with E-state index in [1.165, 1.54) is 12.1 Å². The molecule has 3 rings (SSSR count). The van der Waals surface area contributed by atoms with Crippen molar-refractivity contribution in [1.82, 2.24) is 9.88 Å². The lowest BCUT2D eigenvalue weighted by atomic mass is 10.0. The summed E-state index contributed by atoms with van der Waals surface area (Å²) in [5.41, 5.74) is 0.356. The zero-order chi connectivity index (χ0) is 15.9. The first-order valence-corrected chi connectivity index (χ1v) is 7.42. The maximum Gasteiger partial charge on any atom is 0.257 e. The van der Waals surface area contributed by atoms with Crippen LogP contribution in [-0.4, -0.2) is 41.1 Å². The molecule has 4 nitrogen and oxygen atoms in total. The Morgan fingerprint density at radius 1 is 1.41 bits per heavy atom. The second-order valence-corrected chi connectivity index (χ2v) is 6.34. The Labute approximate surface area is 132 Å². The minimum absolute atomic E-state index is 0.0883. The van der Waals surface area contributed by atoms with Crippen LogP contribution < -0.4 is 0 Å². The van der Waals surface area contributed by atoms with Crippen LogP contribution in [0.4, 0.5) is 4.39 Å². The van der Waals surface area contributed by atoms with Gasteiger partial charge in [0, 0.05) is 18.0 Å². The highest BCUT2D eigenvalue weighted by Gasteiger charge is 2.35. The number of benzene rings is 1. The van der Waals surface area contributed by atoms with Crippen molar-refractivity contribution < 1.29 is 13.9 Å². The SMILES string of the molecule is CC1(C)COCCN1C(=O)c1cc2ccc(F)cc2nc1Cl. The number of morpholine rings is 1. The number of nitrogens with zero attached hydrogens (tertiary/aromatic N) is 2. The van der Waals surface area contributed by atoms with Gasteiger partial charge in [0.25, 0.3) is 5.91 Å². The van der Waals surface area contributed by atoms with Gasteiger partial charge in [0.05, 0.1) is 29.8 Å². The molecule has 0 saturated carbocycles. The average Bonchev–Trinajstić information content (AvgIpc) is 2.45. The number of carbonyl (C=O) groups is 1. The zero-order valence-corrected chi connectivity index (χ0v) is 13.2. The van der Waals surface area contributed by atoms with Crippen molar-refractivity contribution in [3.8, 4) is 0 Å². The Bertz CT molecular complexity index is 748. The first kappa shape index (κ1) is 15.2. The van der Waals surface area contributed by atoms with Gasteiger partial charge < -0.3 is 9.64 Å². The van der Waals surface area contributed by atoms with Gasteiger partial charge in [-0.3, -0.25) is 4.79 Å². The van der Waals surface area contributed by atoms with E-state index in [4.69, 9.17) is 16.3 Å². The fourth-order valence-corrected chi connectivity index (χ4v) is 2.87. The molecule has 1 fully saturated rings. The summed E-state index contributed by atoms with van der Waals surface area (Å²) in [5, 5.41) is 0.769. The Morgan fingerprint density at radius 3 is 2.91 bits per heavy atom. The largest absolute Gasteiger partial charge is 0.377 e. The molecular formula is C16H16ClFN2O2. The molecule has 0 unspecified atom stereocenters.